The number of rotatable bonds is 4. The SMILES string of the molecule is C=CCOC(=O)N1CC(c2cccc(C(=O)O)c2)C1. The van der Waals surface area contributed by atoms with E-state index in [4.69, 9.17) is 9.84 Å². The van der Waals surface area contributed by atoms with Gasteiger partial charge < -0.3 is 14.7 Å². The van der Waals surface area contributed by atoms with Gasteiger partial charge in [-0.3, -0.25) is 0 Å². The molecule has 5 nitrogen and oxygen atoms in total. The van der Waals surface area contributed by atoms with Gasteiger partial charge in [0.25, 0.3) is 0 Å². The van der Waals surface area contributed by atoms with Crippen LogP contribution in [-0.4, -0.2) is 41.8 Å². The topological polar surface area (TPSA) is 66.8 Å². The number of likely N-dealkylation sites (tertiary alicyclic amines) is 1. The van der Waals surface area contributed by atoms with E-state index < -0.39 is 5.97 Å². The minimum Gasteiger partial charge on any atom is -0.478 e. The number of carboxylic acids is 1. The van der Waals surface area contributed by atoms with Gasteiger partial charge in [0.15, 0.2) is 0 Å². The van der Waals surface area contributed by atoms with Gasteiger partial charge in [-0.25, -0.2) is 9.59 Å². The molecule has 1 heterocycles. The Morgan fingerprint density at radius 1 is 1.47 bits per heavy atom. The molecule has 100 valence electrons. The quantitative estimate of drug-likeness (QED) is 0.843. The molecule has 1 saturated heterocycles. The number of amides is 1. The highest BCUT2D eigenvalue weighted by Gasteiger charge is 2.32. The highest BCUT2D eigenvalue weighted by Crippen LogP contribution is 2.28. The highest BCUT2D eigenvalue weighted by molar-refractivity contribution is 5.87. The van der Waals surface area contributed by atoms with Gasteiger partial charge in [-0.1, -0.05) is 24.8 Å². The first-order valence-electron chi connectivity index (χ1n) is 5.97. The summed E-state index contributed by atoms with van der Waals surface area (Å²) >= 11 is 0. The average Bonchev–Trinajstić information content (AvgIpc) is 2.35. The zero-order valence-corrected chi connectivity index (χ0v) is 10.4. The normalized spacial score (nSPS) is 14.6. The first kappa shape index (κ1) is 13.1. The lowest BCUT2D eigenvalue weighted by Gasteiger charge is -2.38. The molecular formula is C14H15NO4. The molecule has 2 rings (SSSR count). The summed E-state index contributed by atoms with van der Waals surface area (Å²) in [5.41, 5.74) is 1.21. The zero-order chi connectivity index (χ0) is 13.8. The van der Waals surface area contributed by atoms with E-state index in [1.807, 2.05) is 6.07 Å². The van der Waals surface area contributed by atoms with Crippen LogP contribution in [0.4, 0.5) is 4.79 Å². The molecule has 0 saturated carbocycles. The Morgan fingerprint density at radius 2 is 2.21 bits per heavy atom. The predicted octanol–water partition coefficient (Wildman–Crippen LogP) is 2.11. The molecule has 19 heavy (non-hydrogen) atoms. The summed E-state index contributed by atoms with van der Waals surface area (Å²) in [4.78, 5) is 24.0. The van der Waals surface area contributed by atoms with E-state index in [2.05, 4.69) is 6.58 Å². The van der Waals surface area contributed by atoms with Gasteiger partial charge in [-0.2, -0.15) is 0 Å². The molecule has 1 amide bonds. The molecule has 1 N–H and O–H groups in total. The summed E-state index contributed by atoms with van der Waals surface area (Å²) in [5.74, 6) is -0.765. The van der Waals surface area contributed by atoms with Crippen LogP contribution in [-0.2, 0) is 4.74 Å². The molecule has 1 aliphatic rings. The number of carbonyl (C=O) groups is 2. The maximum Gasteiger partial charge on any atom is 0.410 e. The van der Waals surface area contributed by atoms with Crippen molar-refractivity contribution in [2.45, 2.75) is 5.92 Å². The number of carboxylic acid groups (broad SMARTS) is 1. The fourth-order valence-corrected chi connectivity index (χ4v) is 1.99. The lowest BCUT2D eigenvalue weighted by atomic mass is 9.91. The molecule has 0 atom stereocenters. The van der Waals surface area contributed by atoms with Crippen LogP contribution in [0.25, 0.3) is 0 Å². The van der Waals surface area contributed by atoms with E-state index in [-0.39, 0.29) is 24.2 Å². The molecule has 0 aromatic heterocycles. The lowest BCUT2D eigenvalue weighted by molar-refractivity contribution is 0.0693. The molecule has 0 spiro atoms. The number of hydrogen-bond acceptors (Lipinski definition) is 3. The van der Waals surface area contributed by atoms with E-state index in [1.165, 1.54) is 6.08 Å². The second-order valence-corrected chi connectivity index (χ2v) is 4.40. The minimum atomic E-state index is -0.941. The van der Waals surface area contributed by atoms with Crippen LogP contribution < -0.4 is 0 Å². The monoisotopic (exact) mass is 261 g/mol. The second-order valence-electron chi connectivity index (χ2n) is 4.40. The molecule has 5 heteroatoms. The summed E-state index contributed by atoms with van der Waals surface area (Å²) in [6.07, 6.45) is 1.16. The van der Waals surface area contributed by atoms with Crippen LogP contribution >= 0.6 is 0 Å². The van der Waals surface area contributed by atoms with Crippen LogP contribution in [0.3, 0.4) is 0 Å². The van der Waals surface area contributed by atoms with Crippen molar-refractivity contribution in [1.82, 2.24) is 4.90 Å². The summed E-state index contributed by atoms with van der Waals surface area (Å²) in [7, 11) is 0. The Hall–Kier alpha value is -2.30. The maximum atomic E-state index is 11.5. The predicted molar refractivity (Wildman–Crippen MR) is 69.3 cm³/mol. The standard InChI is InChI=1S/C14H15NO4/c1-2-6-19-14(18)15-8-12(9-15)10-4-3-5-11(7-10)13(16)17/h2-5,7,12H,1,6,8-9H2,(H,16,17). The van der Waals surface area contributed by atoms with Crippen molar-refractivity contribution in [3.63, 3.8) is 0 Å². The number of carbonyl (C=O) groups excluding carboxylic acids is 1. The Morgan fingerprint density at radius 3 is 2.84 bits per heavy atom. The van der Waals surface area contributed by atoms with Gasteiger partial charge in [0.1, 0.15) is 6.61 Å². The Labute approximate surface area is 111 Å². The van der Waals surface area contributed by atoms with Crippen LogP contribution in [0.2, 0.25) is 0 Å². The Balaban J connectivity index is 1.93. The van der Waals surface area contributed by atoms with E-state index >= 15 is 0 Å². The van der Waals surface area contributed by atoms with Crippen LogP contribution in [0.15, 0.2) is 36.9 Å². The number of hydrogen-bond donors (Lipinski definition) is 1. The van der Waals surface area contributed by atoms with Gasteiger partial charge >= 0.3 is 12.1 Å². The maximum absolute atomic E-state index is 11.5. The summed E-state index contributed by atoms with van der Waals surface area (Å²) in [6, 6.07) is 6.81. The molecule has 1 fully saturated rings. The van der Waals surface area contributed by atoms with Crippen molar-refractivity contribution in [2.75, 3.05) is 19.7 Å². The first-order chi connectivity index (χ1) is 9.11. The Kier molecular flexibility index (Phi) is 3.85. The van der Waals surface area contributed by atoms with Gasteiger partial charge in [-0.05, 0) is 17.7 Å². The van der Waals surface area contributed by atoms with Crippen LogP contribution in [0, 0.1) is 0 Å². The van der Waals surface area contributed by atoms with Crippen molar-refractivity contribution in [3.05, 3.63) is 48.0 Å². The number of aromatic carboxylic acids is 1. The molecule has 0 aliphatic carbocycles. The van der Waals surface area contributed by atoms with E-state index in [0.717, 1.165) is 5.56 Å². The van der Waals surface area contributed by atoms with Crippen molar-refractivity contribution in [1.29, 1.82) is 0 Å². The van der Waals surface area contributed by atoms with Gasteiger partial charge in [0, 0.05) is 19.0 Å². The summed E-state index contributed by atoms with van der Waals surface area (Å²) in [6.45, 7) is 4.79. The van der Waals surface area contributed by atoms with E-state index in [0.29, 0.717) is 13.1 Å². The minimum absolute atomic E-state index is 0.176. The molecule has 0 unspecified atom stereocenters. The second kappa shape index (κ2) is 5.56. The van der Waals surface area contributed by atoms with Crippen molar-refractivity contribution in [2.24, 2.45) is 0 Å². The first-order valence-corrected chi connectivity index (χ1v) is 5.97. The third-order valence-electron chi connectivity index (χ3n) is 3.07. The van der Waals surface area contributed by atoms with Crippen molar-refractivity contribution < 1.29 is 19.4 Å². The molecule has 0 bridgehead atoms. The molecule has 1 aromatic carbocycles. The summed E-state index contributed by atoms with van der Waals surface area (Å²) in [5, 5.41) is 8.93. The third-order valence-corrected chi connectivity index (χ3v) is 3.07. The highest BCUT2D eigenvalue weighted by atomic mass is 16.6. The van der Waals surface area contributed by atoms with Crippen LogP contribution in [0.5, 0.6) is 0 Å². The molecule has 1 aromatic rings. The van der Waals surface area contributed by atoms with E-state index in [1.54, 1.807) is 23.1 Å². The fraction of sp³-hybridized carbons (Fsp3) is 0.286. The molecule has 0 radical (unpaired) electrons. The van der Waals surface area contributed by atoms with Crippen LogP contribution in [0.1, 0.15) is 21.8 Å². The smallest absolute Gasteiger partial charge is 0.410 e. The van der Waals surface area contributed by atoms with Crippen molar-refractivity contribution >= 4 is 12.1 Å². The number of benzene rings is 1. The Bertz CT molecular complexity index is 506. The zero-order valence-electron chi connectivity index (χ0n) is 10.4. The van der Waals surface area contributed by atoms with Gasteiger partial charge in [0.05, 0.1) is 5.56 Å². The van der Waals surface area contributed by atoms with Gasteiger partial charge in [-0.15, -0.1) is 0 Å². The van der Waals surface area contributed by atoms with Crippen molar-refractivity contribution in [3.8, 4) is 0 Å². The fourth-order valence-electron chi connectivity index (χ4n) is 1.99. The number of nitrogens with zero attached hydrogens (tertiary/aromatic N) is 1. The number of ether oxygens (including phenoxy) is 1. The van der Waals surface area contributed by atoms with Gasteiger partial charge in [0.2, 0.25) is 0 Å². The van der Waals surface area contributed by atoms with E-state index in [9.17, 15) is 9.59 Å². The lowest BCUT2D eigenvalue weighted by Crippen LogP contribution is -2.48. The molecule has 1 aliphatic heterocycles. The summed E-state index contributed by atoms with van der Waals surface area (Å²) < 4.78 is 4.92. The molecular weight excluding hydrogens is 246 g/mol. The average molecular weight is 261 g/mol. The third kappa shape index (κ3) is 2.93. The largest absolute Gasteiger partial charge is 0.478 e.